The summed E-state index contributed by atoms with van der Waals surface area (Å²) in [5.74, 6) is 0.829. The van der Waals surface area contributed by atoms with E-state index in [0.29, 0.717) is 5.82 Å². The van der Waals surface area contributed by atoms with Crippen molar-refractivity contribution in [1.29, 1.82) is 0 Å². The predicted octanol–water partition coefficient (Wildman–Crippen LogP) is 2.31. The summed E-state index contributed by atoms with van der Waals surface area (Å²) in [5.41, 5.74) is 0.716. The zero-order valence-corrected chi connectivity index (χ0v) is 10.8. The van der Waals surface area contributed by atoms with E-state index in [0.717, 1.165) is 18.7 Å². The van der Waals surface area contributed by atoms with Gasteiger partial charge in [-0.15, -0.1) is 0 Å². The molecule has 2 rings (SSSR count). The molecule has 0 radical (unpaired) electrons. The molecule has 0 bridgehead atoms. The highest BCUT2D eigenvalue weighted by Crippen LogP contribution is 2.22. The molecule has 0 saturated heterocycles. The first-order valence-electron chi connectivity index (χ1n) is 6.03. The first-order chi connectivity index (χ1) is 9.11. The zero-order chi connectivity index (χ0) is 13.8. The normalized spacial score (nSPS) is 10.4. The Morgan fingerprint density at radius 2 is 2.21 bits per heavy atom. The van der Waals surface area contributed by atoms with Gasteiger partial charge >= 0.3 is 5.69 Å². The van der Waals surface area contributed by atoms with Gasteiger partial charge < -0.3 is 5.32 Å². The molecule has 0 saturated carbocycles. The van der Waals surface area contributed by atoms with Gasteiger partial charge in [-0.3, -0.25) is 10.1 Å². The molecule has 100 valence electrons. The van der Waals surface area contributed by atoms with E-state index in [4.69, 9.17) is 0 Å². The molecule has 0 aliphatic carbocycles. The summed E-state index contributed by atoms with van der Waals surface area (Å²) in [6.07, 6.45) is 2.61. The van der Waals surface area contributed by atoms with Crippen LogP contribution in [0, 0.1) is 17.0 Å². The smallest absolute Gasteiger partial charge is 0.313 e. The average Bonchev–Trinajstić information content (AvgIpc) is 2.82. The second-order valence-electron chi connectivity index (χ2n) is 4.12. The van der Waals surface area contributed by atoms with Gasteiger partial charge in [0.1, 0.15) is 5.82 Å². The van der Waals surface area contributed by atoms with E-state index in [1.165, 1.54) is 10.7 Å². The molecule has 0 atom stereocenters. The van der Waals surface area contributed by atoms with Crippen molar-refractivity contribution in [2.45, 2.75) is 20.3 Å². The van der Waals surface area contributed by atoms with E-state index in [9.17, 15) is 10.1 Å². The van der Waals surface area contributed by atoms with Crippen LogP contribution in [0.3, 0.4) is 0 Å². The Balaban J connectivity index is 2.44. The molecule has 0 unspecified atom stereocenters. The number of nitrogens with zero attached hydrogens (tertiary/aromatic N) is 4. The van der Waals surface area contributed by atoms with Crippen molar-refractivity contribution in [3.63, 3.8) is 0 Å². The Labute approximate surface area is 110 Å². The molecular formula is C12H15N5O2. The number of aryl methyl sites for hydroxylation is 1. The highest BCUT2D eigenvalue weighted by Gasteiger charge is 2.18. The van der Waals surface area contributed by atoms with E-state index < -0.39 is 4.92 Å². The third kappa shape index (κ3) is 2.87. The molecule has 2 aromatic rings. The highest BCUT2D eigenvalue weighted by molar-refractivity contribution is 5.52. The maximum atomic E-state index is 11.0. The van der Waals surface area contributed by atoms with Gasteiger partial charge in [0.2, 0.25) is 5.82 Å². The van der Waals surface area contributed by atoms with Crippen LogP contribution in [-0.2, 0) is 0 Å². The Kier molecular flexibility index (Phi) is 3.74. The minimum Gasteiger partial charge on any atom is -0.370 e. The van der Waals surface area contributed by atoms with Crippen LogP contribution < -0.4 is 5.32 Å². The molecule has 0 spiro atoms. The fourth-order valence-electron chi connectivity index (χ4n) is 1.64. The summed E-state index contributed by atoms with van der Waals surface area (Å²) in [5, 5.41) is 18.3. The summed E-state index contributed by atoms with van der Waals surface area (Å²) >= 11 is 0. The minimum atomic E-state index is -0.455. The molecule has 1 N–H and O–H groups in total. The summed E-state index contributed by atoms with van der Waals surface area (Å²) in [4.78, 5) is 14.8. The van der Waals surface area contributed by atoms with Crippen molar-refractivity contribution < 1.29 is 4.92 Å². The Morgan fingerprint density at radius 1 is 1.42 bits per heavy atom. The molecule has 7 nitrogen and oxygen atoms in total. The van der Waals surface area contributed by atoms with Gasteiger partial charge in [-0.05, 0) is 25.5 Å². The summed E-state index contributed by atoms with van der Waals surface area (Å²) < 4.78 is 1.42. The van der Waals surface area contributed by atoms with Gasteiger partial charge in [0.25, 0.3) is 0 Å². The van der Waals surface area contributed by atoms with Crippen LogP contribution in [0.15, 0.2) is 24.4 Å². The van der Waals surface area contributed by atoms with Gasteiger partial charge in [-0.1, -0.05) is 6.92 Å². The molecule has 2 heterocycles. The third-order valence-electron chi connectivity index (χ3n) is 2.55. The van der Waals surface area contributed by atoms with Crippen LogP contribution in [0.5, 0.6) is 0 Å². The zero-order valence-electron chi connectivity index (χ0n) is 10.8. The van der Waals surface area contributed by atoms with Crippen molar-refractivity contribution >= 4 is 11.5 Å². The minimum absolute atomic E-state index is 0.0647. The number of anilines is 1. The van der Waals surface area contributed by atoms with Gasteiger partial charge in [-0.25, -0.2) is 9.67 Å². The first-order valence-corrected chi connectivity index (χ1v) is 6.03. The largest absolute Gasteiger partial charge is 0.370 e. The lowest BCUT2D eigenvalue weighted by molar-refractivity contribution is -0.384. The Hall–Kier alpha value is -2.44. The molecule has 0 amide bonds. The molecule has 0 aliphatic heterocycles. The summed E-state index contributed by atoms with van der Waals surface area (Å²) in [7, 11) is 0. The Bertz CT molecular complexity index is 594. The molecular weight excluding hydrogens is 246 g/mol. The maximum absolute atomic E-state index is 11.0. The first kappa shape index (κ1) is 13.0. The van der Waals surface area contributed by atoms with Crippen molar-refractivity contribution in [2.75, 3.05) is 11.9 Å². The van der Waals surface area contributed by atoms with Crippen LogP contribution in [0.1, 0.15) is 19.0 Å². The molecule has 2 aromatic heterocycles. The number of hydrogen-bond acceptors (Lipinski definition) is 5. The summed E-state index contributed by atoms with van der Waals surface area (Å²) in [6.45, 7) is 4.63. The quantitative estimate of drug-likeness (QED) is 0.659. The fraction of sp³-hybridized carbons (Fsp3) is 0.333. The molecule has 0 fully saturated rings. The molecule has 7 heteroatoms. The van der Waals surface area contributed by atoms with Crippen molar-refractivity contribution in [1.82, 2.24) is 14.8 Å². The Morgan fingerprint density at radius 3 is 2.79 bits per heavy atom. The fourth-order valence-corrected chi connectivity index (χ4v) is 1.64. The summed E-state index contributed by atoms with van der Waals surface area (Å²) in [6, 6.07) is 4.82. The van der Waals surface area contributed by atoms with E-state index in [2.05, 4.69) is 15.4 Å². The number of hydrogen-bond donors (Lipinski definition) is 1. The van der Waals surface area contributed by atoms with E-state index in [1.54, 1.807) is 18.3 Å². The number of nitro groups is 1. The predicted molar refractivity (Wildman–Crippen MR) is 71.5 cm³/mol. The standard InChI is InChI=1S/C12H15N5O2/c1-3-7-13-11-5-4-10(17(18)19)12(14-11)16-8-6-9(2)15-16/h4-6,8H,3,7H2,1-2H3,(H,13,14). The lowest BCUT2D eigenvalue weighted by Crippen LogP contribution is -2.08. The van der Waals surface area contributed by atoms with Crippen molar-refractivity contribution in [3.8, 4) is 5.82 Å². The lowest BCUT2D eigenvalue weighted by Gasteiger charge is -2.07. The molecule has 0 aliphatic rings. The van der Waals surface area contributed by atoms with Crippen molar-refractivity contribution in [3.05, 3.63) is 40.2 Å². The maximum Gasteiger partial charge on any atom is 0.313 e. The lowest BCUT2D eigenvalue weighted by atomic mass is 10.3. The van der Waals surface area contributed by atoms with E-state index in [-0.39, 0.29) is 11.5 Å². The van der Waals surface area contributed by atoms with Crippen LogP contribution in [-0.4, -0.2) is 26.2 Å². The van der Waals surface area contributed by atoms with Crippen LogP contribution in [0.4, 0.5) is 11.5 Å². The van der Waals surface area contributed by atoms with Gasteiger partial charge in [0.15, 0.2) is 0 Å². The van der Waals surface area contributed by atoms with Crippen LogP contribution in [0.25, 0.3) is 5.82 Å². The SMILES string of the molecule is CCCNc1ccc([N+](=O)[O-])c(-n2ccc(C)n2)n1. The number of rotatable bonds is 5. The number of pyridine rings is 1. The second-order valence-corrected chi connectivity index (χ2v) is 4.12. The van der Waals surface area contributed by atoms with Crippen LogP contribution >= 0.6 is 0 Å². The molecule has 0 aromatic carbocycles. The van der Waals surface area contributed by atoms with E-state index >= 15 is 0 Å². The second kappa shape index (κ2) is 5.47. The monoisotopic (exact) mass is 261 g/mol. The third-order valence-corrected chi connectivity index (χ3v) is 2.55. The number of aromatic nitrogens is 3. The van der Waals surface area contributed by atoms with Crippen LogP contribution in [0.2, 0.25) is 0 Å². The van der Waals surface area contributed by atoms with Crippen molar-refractivity contribution in [2.24, 2.45) is 0 Å². The average molecular weight is 261 g/mol. The molecule has 19 heavy (non-hydrogen) atoms. The van der Waals surface area contributed by atoms with E-state index in [1.807, 2.05) is 13.8 Å². The van der Waals surface area contributed by atoms with Gasteiger partial charge in [0.05, 0.1) is 10.6 Å². The topological polar surface area (TPSA) is 85.9 Å². The highest BCUT2D eigenvalue weighted by atomic mass is 16.6. The van der Waals surface area contributed by atoms with Gasteiger partial charge in [0, 0.05) is 18.8 Å². The van der Waals surface area contributed by atoms with Gasteiger partial charge in [-0.2, -0.15) is 5.10 Å². The number of nitrogens with one attached hydrogen (secondary N) is 1.